The number of hydrogen-bond donors (Lipinski definition) is 1. The molecule has 1 aromatic rings. The van der Waals surface area contributed by atoms with Crippen LogP contribution in [0.3, 0.4) is 0 Å². The number of fused-ring (bicyclic) bond motifs is 3. The number of rotatable bonds is 1. The summed E-state index contributed by atoms with van der Waals surface area (Å²) >= 11 is 0. The van der Waals surface area contributed by atoms with Crippen molar-refractivity contribution in [2.24, 2.45) is 5.92 Å². The van der Waals surface area contributed by atoms with Gasteiger partial charge < -0.3 is 9.84 Å². The molecule has 92 valence electrons. The second-order valence-corrected chi connectivity index (χ2v) is 5.92. The average molecular weight is 232 g/mol. The highest BCUT2D eigenvalue weighted by Gasteiger charge is 2.63. The summed E-state index contributed by atoms with van der Waals surface area (Å²) in [5, 5.41) is 9.88. The van der Waals surface area contributed by atoms with Gasteiger partial charge >= 0.3 is 0 Å². The SMILES string of the molecule is Cc1ccc2c(c1)OC1(CO)C(C)CCC21C. The van der Waals surface area contributed by atoms with Crippen LogP contribution in [0.15, 0.2) is 18.2 Å². The van der Waals surface area contributed by atoms with E-state index in [9.17, 15) is 5.11 Å². The number of aliphatic hydroxyl groups is 1. The largest absolute Gasteiger partial charge is 0.483 e. The molecule has 3 unspecified atom stereocenters. The Morgan fingerprint density at radius 3 is 2.94 bits per heavy atom. The molecule has 1 saturated carbocycles. The number of aliphatic hydroxyl groups excluding tert-OH is 1. The van der Waals surface area contributed by atoms with Crippen LogP contribution in [0, 0.1) is 12.8 Å². The minimum atomic E-state index is -0.400. The van der Waals surface area contributed by atoms with Gasteiger partial charge in [0, 0.05) is 11.0 Å². The molecule has 17 heavy (non-hydrogen) atoms. The van der Waals surface area contributed by atoms with E-state index in [0.29, 0.717) is 5.92 Å². The Labute approximate surface area is 103 Å². The van der Waals surface area contributed by atoms with E-state index < -0.39 is 5.60 Å². The summed E-state index contributed by atoms with van der Waals surface area (Å²) in [7, 11) is 0. The molecular formula is C15H20O2. The Morgan fingerprint density at radius 2 is 2.24 bits per heavy atom. The highest BCUT2D eigenvalue weighted by molar-refractivity contribution is 5.50. The monoisotopic (exact) mass is 232 g/mol. The molecule has 0 bridgehead atoms. The fourth-order valence-electron chi connectivity index (χ4n) is 3.80. The van der Waals surface area contributed by atoms with Crippen molar-refractivity contribution >= 4 is 0 Å². The Morgan fingerprint density at radius 1 is 1.47 bits per heavy atom. The van der Waals surface area contributed by atoms with Crippen LogP contribution in [0.4, 0.5) is 0 Å². The maximum atomic E-state index is 9.88. The summed E-state index contributed by atoms with van der Waals surface area (Å²) < 4.78 is 6.21. The van der Waals surface area contributed by atoms with E-state index >= 15 is 0 Å². The second kappa shape index (κ2) is 3.26. The lowest BCUT2D eigenvalue weighted by atomic mass is 9.71. The third-order valence-corrected chi connectivity index (χ3v) is 5.07. The molecule has 2 heteroatoms. The van der Waals surface area contributed by atoms with Crippen LogP contribution in [-0.4, -0.2) is 17.3 Å². The third-order valence-electron chi connectivity index (χ3n) is 5.07. The summed E-state index contributed by atoms with van der Waals surface area (Å²) in [4.78, 5) is 0. The van der Waals surface area contributed by atoms with Gasteiger partial charge in [-0.25, -0.2) is 0 Å². The van der Waals surface area contributed by atoms with Gasteiger partial charge in [0.2, 0.25) is 0 Å². The Hall–Kier alpha value is -1.02. The lowest BCUT2D eigenvalue weighted by Gasteiger charge is -2.38. The van der Waals surface area contributed by atoms with Gasteiger partial charge in [-0.1, -0.05) is 26.0 Å². The molecule has 2 nitrogen and oxygen atoms in total. The van der Waals surface area contributed by atoms with Gasteiger partial charge in [0.15, 0.2) is 0 Å². The molecule has 3 rings (SSSR count). The minimum absolute atomic E-state index is 0.0236. The highest BCUT2D eigenvalue weighted by atomic mass is 16.5. The number of hydrogen-bond acceptors (Lipinski definition) is 2. The summed E-state index contributed by atoms with van der Waals surface area (Å²) in [6.45, 7) is 6.63. The van der Waals surface area contributed by atoms with E-state index in [1.165, 1.54) is 11.1 Å². The zero-order valence-electron chi connectivity index (χ0n) is 10.8. The van der Waals surface area contributed by atoms with Crippen molar-refractivity contribution < 1.29 is 9.84 Å². The molecule has 0 saturated heterocycles. The first-order valence-corrected chi connectivity index (χ1v) is 6.44. The van der Waals surface area contributed by atoms with Gasteiger partial charge in [-0.3, -0.25) is 0 Å². The molecule has 3 atom stereocenters. The van der Waals surface area contributed by atoms with Gasteiger partial charge in [0.25, 0.3) is 0 Å². The summed E-state index contributed by atoms with van der Waals surface area (Å²) in [5.41, 5.74) is 2.07. The van der Waals surface area contributed by atoms with Crippen LogP contribution in [0.2, 0.25) is 0 Å². The molecule has 1 fully saturated rings. The zero-order valence-corrected chi connectivity index (χ0v) is 10.8. The normalized spacial score (nSPS) is 38.7. The van der Waals surface area contributed by atoms with Gasteiger partial charge in [0.1, 0.15) is 11.4 Å². The number of benzene rings is 1. The van der Waals surface area contributed by atoms with E-state index in [0.717, 1.165) is 18.6 Å². The smallest absolute Gasteiger partial charge is 0.144 e. The molecule has 0 spiro atoms. The Bertz CT molecular complexity index is 468. The van der Waals surface area contributed by atoms with Crippen molar-refractivity contribution in [1.29, 1.82) is 0 Å². The van der Waals surface area contributed by atoms with E-state index in [1.54, 1.807) is 0 Å². The third kappa shape index (κ3) is 1.14. The molecule has 1 heterocycles. The van der Waals surface area contributed by atoms with Crippen LogP contribution >= 0.6 is 0 Å². The standard InChI is InChI=1S/C15H20O2/c1-10-4-5-12-13(8-10)17-15(9-16)11(2)6-7-14(12,15)3/h4-5,8,11,16H,6-7,9H2,1-3H3. The van der Waals surface area contributed by atoms with Crippen LogP contribution in [0.1, 0.15) is 37.8 Å². The first kappa shape index (κ1) is 11.1. The Kier molecular flexibility index (Phi) is 2.13. The number of aryl methyl sites for hydroxylation is 1. The lowest BCUT2D eigenvalue weighted by Crippen LogP contribution is -2.52. The van der Waals surface area contributed by atoms with Crippen LogP contribution in [0.25, 0.3) is 0 Å². The Balaban J connectivity index is 2.19. The lowest BCUT2D eigenvalue weighted by molar-refractivity contribution is -0.0376. The van der Waals surface area contributed by atoms with Gasteiger partial charge in [-0.05, 0) is 37.3 Å². The molecule has 2 aliphatic rings. The van der Waals surface area contributed by atoms with Crippen LogP contribution < -0.4 is 4.74 Å². The summed E-state index contributed by atoms with van der Waals surface area (Å²) in [6.07, 6.45) is 2.23. The van der Waals surface area contributed by atoms with E-state index in [2.05, 4.69) is 39.0 Å². The molecule has 1 aromatic carbocycles. The molecular weight excluding hydrogens is 212 g/mol. The minimum Gasteiger partial charge on any atom is -0.483 e. The van der Waals surface area contributed by atoms with Gasteiger partial charge in [-0.15, -0.1) is 0 Å². The maximum absolute atomic E-state index is 9.88. The van der Waals surface area contributed by atoms with E-state index in [4.69, 9.17) is 4.74 Å². The number of ether oxygens (including phenoxy) is 1. The van der Waals surface area contributed by atoms with Crippen molar-refractivity contribution in [2.45, 2.75) is 44.6 Å². The zero-order chi connectivity index (χ0) is 12.3. The quantitative estimate of drug-likeness (QED) is 0.806. The first-order valence-electron chi connectivity index (χ1n) is 6.44. The van der Waals surface area contributed by atoms with E-state index in [1.807, 2.05) is 0 Å². The predicted octanol–water partition coefficient (Wildman–Crippen LogP) is 2.81. The fraction of sp³-hybridized carbons (Fsp3) is 0.600. The molecule has 0 aromatic heterocycles. The van der Waals surface area contributed by atoms with Crippen molar-refractivity contribution in [2.75, 3.05) is 6.61 Å². The maximum Gasteiger partial charge on any atom is 0.144 e. The van der Waals surface area contributed by atoms with Crippen molar-refractivity contribution in [3.8, 4) is 5.75 Å². The molecule has 0 amide bonds. The molecule has 1 aliphatic carbocycles. The van der Waals surface area contributed by atoms with E-state index in [-0.39, 0.29) is 12.0 Å². The second-order valence-electron chi connectivity index (χ2n) is 5.92. The molecule has 0 radical (unpaired) electrons. The molecule has 1 N–H and O–H groups in total. The van der Waals surface area contributed by atoms with Crippen molar-refractivity contribution in [1.82, 2.24) is 0 Å². The van der Waals surface area contributed by atoms with Crippen molar-refractivity contribution in [3.05, 3.63) is 29.3 Å². The van der Waals surface area contributed by atoms with Crippen molar-refractivity contribution in [3.63, 3.8) is 0 Å². The fourth-order valence-corrected chi connectivity index (χ4v) is 3.80. The highest BCUT2D eigenvalue weighted by Crippen LogP contribution is 2.60. The molecule has 1 aliphatic heterocycles. The topological polar surface area (TPSA) is 29.5 Å². The summed E-state index contributed by atoms with van der Waals surface area (Å²) in [6, 6.07) is 6.42. The predicted molar refractivity (Wildman–Crippen MR) is 67.4 cm³/mol. The van der Waals surface area contributed by atoms with Crippen LogP contribution in [0.5, 0.6) is 5.75 Å². The average Bonchev–Trinajstić information content (AvgIpc) is 2.69. The van der Waals surface area contributed by atoms with Gasteiger partial charge in [0.05, 0.1) is 6.61 Å². The summed E-state index contributed by atoms with van der Waals surface area (Å²) in [5.74, 6) is 1.39. The van der Waals surface area contributed by atoms with Crippen LogP contribution in [-0.2, 0) is 5.41 Å². The van der Waals surface area contributed by atoms with Gasteiger partial charge in [-0.2, -0.15) is 0 Å². The first-order chi connectivity index (χ1) is 8.03.